The predicted molar refractivity (Wildman–Crippen MR) is 148 cm³/mol. The molecule has 38 heavy (non-hydrogen) atoms. The van der Waals surface area contributed by atoms with Gasteiger partial charge in [0.1, 0.15) is 5.75 Å². The summed E-state index contributed by atoms with van der Waals surface area (Å²) in [4.78, 5) is 17.1. The Hall–Kier alpha value is -3.21. The van der Waals surface area contributed by atoms with Gasteiger partial charge < -0.3 is 14.5 Å². The van der Waals surface area contributed by atoms with E-state index in [0.717, 1.165) is 22.8 Å². The number of aromatic nitrogens is 2. The average molecular weight is 558 g/mol. The van der Waals surface area contributed by atoms with Crippen molar-refractivity contribution in [2.45, 2.75) is 31.2 Å². The van der Waals surface area contributed by atoms with Crippen molar-refractivity contribution >= 4 is 33.3 Å². The van der Waals surface area contributed by atoms with E-state index in [2.05, 4.69) is 15.1 Å². The number of hydrogen-bond donors (Lipinski definition) is 0. The Morgan fingerprint density at radius 3 is 2.37 bits per heavy atom. The molecule has 1 saturated heterocycles. The molecule has 11 heteroatoms. The minimum absolute atomic E-state index is 0.121. The lowest BCUT2D eigenvalue weighted by Crippen LogP contribution is -2.53. The average Bonchev–Trinajstić information content (AvgIpc) is 2.95. The molecule has 1 aromatic heterocycles. The molecule has 0 N–H and O–H groups in total. The van der Waals surface area contributed by atoms with Crippen LogP contribution in [-0.4, -0.2) is 79.6 Å². The van der Waals surface area contributed by atoms with Gasteiger partial charge in [-0.2, -0.15) is 4.31 Å². The van der Waals surface area contributed by atoms with Gasteiger partial charge in [-0.05, 0) is 61.9 Å². The molecule has 0 spiro atoms. The first-order valence-corrected chi connectivity index (χ1v) is 14.3. The van der Waals surface area contributed by atoms with Gasteiger partial charge in [-0.25, -0.2) is 8.42 Å². The quantitative estimate of drug-likeness (QED) is 0.393. The van der Waals surface area contributed by atoms with Crippen LogP contribution in [0.15, 0.2) is 65.6 Å². The molecular weight excluding hydrogens is 526 g/mol. The molecular formula is C27H32ClN5O4S. The normalized spacial score (nSPS) is 15.0. The zero-order valence-electron chi connectivity index (χ0n) is 21.7. The number of nitrogens with zero attached hydrogens (tertiary/aromatic N) is 5. The van der Waals surface area contributed by atoms with Crippen LogP contribution >= 0.6 is 11.6 Å². The fraction of sp³-hybridized carbons (Fsp3) is 0.370. The number of hydrogen-bond acceptors (Lipinski definition) is 7. The van der Waals surface area contributed by atoms with Gasteiger partial charge in [-0.3, -0.25) is 4.79 Å². The van der Waals surface area contributed by atoms with Crippen LogP contribution in [0.5, 0.6) is 5.75 Å². The minimum Gasteiger partial charge on any atom is -0.497 e. The molecule has 3 aromatic rings. The summed E-state index contributed by atoms with van der Waals surface area (Å²) in [6, 6.07) is 17.2. The molecule has 0 bridgehead atoms. The molecule has 2 aromatic carbocycles. The monoisotopic (exact) mass is 557 g/mol. The minimum atomic E-state index is -3.86. The number of piperazine rings is 1. The maximum Gasteiger partial charge on any atom is 0.243 e. The lowest BCUT2D eigenvalue weighted by atomic mass is 10.1. The number of amides is 1. The third-order valence-electron chi connectivity index (χ3n) is 6.77. The van der Waals surface area contributed by atoms with Crippen LogP contribution in [0.1, 0.15) is 20.3 Å². The van der Waals surface area contributed by atoms with Crippen LogP contribution in [-0.2, 0) is 14.8 Å². The van der Waals surface area contributed by atoms with Crippen LogP contribution < -0.4 is 9.64 Å². The topological polar surface area (TPSA) is 95.9 Å². The van der Waals surface area contributed by atoms with Crippen molar-refractivity contribution < 1.29 is 17.9 Å². The Morgan fingerprint density at radius 2 is 1.76 bits per heavy atom. The van der Waals surface area contributed by atoms with Crippen molar-refractivity contribution in [2.24, 2.45) is 0 Å². The number of carbonyl (C=O) groups excluding carboxylic acids is 1. The molecule has 1 amide bonds. The van der Waals surface area contributed by atoms with Crippen molar-refractivity contribution in [3.05, 3.63) is 65.7 Å². The number of rotatable bonds is 9. The molecule has 4 rings (SSSR count). The van der Waals surface area contributed by atoms with Crippen LogP contribution in [0.2, 0.25) is 5.02 Å². The van der Waals surface area contributed by atoms with Gasteiger partial charge in [0.2, 0.25) is 15.9 Å². The molecule has 2 heterocycles. The number of carbonyl (C=O) groups is 1. The highest BCUT2D eigenvalue weighted by Crippen LogP contribution is 2.24. The number of sulfonamides is 1. The Labute approximate surface area is 229 Å². The van der Waals surface area contributed by atoms with Gasteiger partial charge in [-0.1, -0.05) is 30.7 Å². The molecule has 1 fully saturated rings. The Kier molecular flexibility index (Phi) is 8.86. The smallest absolute Gasteiger partial charge is 0.243 e. The maximum absolute atomic E-state index is 13.3. The fourth-order valence-electron chi connectivity index (χ4n) is 4.27. The van der Waals surface area contributed by atoms with Gasteiger partial charge in [-0.15, -0.1) is 10.2 Å². The van der Waals surface area contributed by atoms with Gasteiger partial charge in [0.05, 0.1) is 24.2 Å². The molecule has 1 aliphatic heterocycles. The van der Waals surface area contributed by atoms with E-state index < -0.39 is 10.0 Å². The van der Waals surface area contributed by atoms with Crippen molar-refractivity contribution in [2.75, 3.05) is 44.7 Å². The lowest BCUT2D eigenvalue weighted by Gasteiger charge is -2.36. The van der Waals surface area contributed by atoms with Gasteiger partial charge in [0, 0.05) is 42.8 Å². The van der Waals surface area contributed by atoms with Crippen molar-refractivity contribution in [3.8, 4) is 17.0 Å². The zero-order chi connectivity index (χ0) is 27.3. The highest BCUT2D eigenvalue weighted by molar-refractivity contribution is 7.89. The van der Waals surface area contributed by atoms with E-state index in [1.54, 1.807) is 12.0 Å². The molecule has 0 radical (unpaired) electrons. The summed E-state index contributed by atoms with van der Waals surface area (Å²) in [5.41, 5.74) is 1.66. The summed E-state index contributed by atoms with van der Waals surface area (Å²) in [5, 5.41) is 9.22. The molecule has 1 atom stereocenters. The third-order valence-corrected chi connectivity index (χ3v) is 8.99. The second kappa shape index (κ2) is 12.1. The summed E-state index contributed by atoms with van der Waals surface area (Å²) in [5.74, 6) is 1.26. The molecule has 1 aliphatic rings. The van der Waals surface area contributed by atoms with E-state index in [9.17, 15) is 13.2 Å². The van der Waals surface area contributed by atoms with Crippen LogP contribution in [0.3, 0.4) is 0 Å². The largest absolute Gasteiger partial charge is 0.497 e. The second-order valence-corrected chi connectivity index (χ2v) is 11.5. The first-order valence-electron chi connectivity index (χ1n) is 12.5. The number of halogens is 1. The Morgan fingerprint density at radius 1 is 1.05 bits per heavy atom. The predicted octanol–water partition coefficient (Wildman–Crippen LogP) is 3.94. The van der Waals surface area contributed by atoms with E-state index in [4.69, 9.17) is 16.3 Å². The SMILES string of the molecule is CC[C@H](C)N(CC(=O)N1CCN(c2ccc(-c3cccc(OC)c3)nn2)CC1)S(=O)(=O)c1ccc(Cl)cc1. The Bertz CT molecular complexity index is 1340. The summed E-state index contributed by atoms with van der Waals surface area (Å²) < 4.78 is 33.3. The Balaban J connectivity index is 1.39. The van der Waals surface area contributed by atoms with Crippen LogP contribution in [0.25, 0.3) is 11.3 Å². The summed E-state index contributed by atoms with van der Waals surface area (Å²) in [6.07, 6.45) is 0.582. The molecule has 202 valence electrons. The lowest BCUT2D eigenvalue weighted by molar-refractivity contribution is -0.132. The number of ether oxygens (including phenoxy) is 1. The summed E-state index contributed by atoms with van der Waals surface area (Å²) in [7, 11) is -2.23. The first-order chi connectivity index (χ1) is 18.2. The highest BCUT2D eigenvalue weighted by atomic mass is 35.5. The molecule has 9 nitrogen and oxygen atoms in total. The highest BCUT2D eigenvalue weighted by Gasteiger charge is 2.32. The van der Waals surface area contributed by atoms with E-state index in [1.165, 1.54) is 28.6 Å². The van der Waals surface area contributed by atoms with E-state index in [0.29, 0.717) is 37.6 Å². The molecule has 0 unspecified atom stereocenters. The van der Waals surface area contributed by atoms with Gasteiger partial charge in [0.15, 0.2) is 5.82 Å². The summed E-state index contributed by atoms with van der Waals surface area (Å²) in [6.45, 7) is 5.58. The second-order valence-electron chi connectivity index (χ2n) is 9.14. The molecule has 0 saturated carbocycles. The van der Waals surface area contributed by atoms with Crippen molar-refractivity contribution in [1.29, 1.82) is 0 Å². The van der Waals surface area contributed by atoms with E-state index in [-0.39, 0.29) is 23.4 Å². The standard InChI is InChI=1S/C27H32ClN5O4S/c1-4-20(2)33(38(35,36)24-10-8-22(28)9-11-24)19-27(34)32-16-14-31(15-17-32)26-13-12-25(29-30-26)21-6-5-7-23(18-21)37-3/h5-13,18,20H,4,14-17,19H2,1-3H3/t20-/m0/s1. The van der Waals surface area contributed by atoms with Gasteiger partial charge in [0.25, 0.3) is 0 Å². The number of anilines is 1. The fourth-order valence-corrected chi connectivity index (χ4v) is 6.05. The van der Waals surface area contributed by atoms with Crippen molar-refractivity contribution in [3.63, 3.8) is 0 Å². The number of benzene rings is 2. The number of methoxy groups -OCH3 is 1. The van der Waals surface area contributed by atoms with Crippen LogP contribution in [0.4, 0.5) is 5.82 Å². The first kappa shape index (κ1) is 27.8. The van der Waals surface area contributed by atoms with Crippen LogP contribution in [0, 0.1) is 0 Å². The summed E-state index contributed by atoms with van der Waals surface area (Å²) >= 11 is 5.93. The zero-order valence-corrected chi connectivity index (χ0v) is 23.3. The van der Waals surface area contributed by atoms with Gasteiger partial charge >= 0.3 is 0 Å². The van der Waals surface area contributed by atoms with E-state index >= 15 is 0 Å². The van der Waals surface area contributed by atoms with Crippen molar-refractivity contribution in [1.82, 2.24) is 19.4 Å². The van der Waals surface area contributed by atoms with E-state index in [1.807, 2.05) is 50.2 Å². The third kappa shape index (κ3) is 6.25. The molecule has 0 aliphatic carbocycles. The maximum atomic E-state index is 13.3.